The second-order valence-electron chi connectivity index (χ2n) is 8.34. The van der Waals surface area contributed by atoms with E-state index >= 15 is 0 Å². The minimum absolute atomic E-state index is 0. The summed E-state index contributed by atoms with van der Waals surface area (Å²) in [5.74, 6) is 1.76. The standard InChI is InChI=1S/C25H34N4O2.HI/c1-26-24(28-20-25(11-12-25)22-8-3-2-4-9-22)27-19-21-7-5-6-10-23(21)31-18-15-29-13-16-30-17-14-29;/h2-10H,11-20H2,1H3,(H2,26,27,28);1H. The Hall–Kier alpha value is -1.84. The Morgan fingerprint density at radius 1 is 1.03 bits per heavy atom. The Morgan fingerprint density at radius 2 is 1.75 bits per heavy atom. The Morgan fingerprint density at radius 3 is 2.47 bits per heavy atom. The zero-order chi connectivity index (χ0) is 21.4. The molecule has 7 heteroatoms. The second-order valence-corrected chi connectivity index (χ2v) is 8.34. The van der Waals surface area contributed by atoms with E-state index in [0.29, 0.717) is 13.2 Å². The number of nitrogens with zero attached hydrogens (tertiary/aromatic N) is 2. The predicted octanol–water partition coefficient (Wildman–Crippen LogP) is 3.41. The summed E-state index contributed by atoms with van der Waals surface area (Å²) in [6.45, 7) is 6.79. The summed E-state index contributed by atoms with van der Waals surface area (Å²) in [6, 6.07) is 19.0. The molecule has 2 fully saturated rings. The minimum atomic E-state index is 0. The van der Waals surface area contributed by atoms with E-state index in [9.17, 15) is 0 Å². The van der Waals surface area contributed by atoms with E-state index < -0.39 is 0 Å². The van der Waals surface area contributed by atoms with Crippen LogP contribution in [0.4, 0.5) is 0 Å². The zero-order valence-corrected chi connectivity index (χ0v) is 21.2. The molecule has 0 aromatic heterocycles. The monoisotopic (exact) mass is 550 g/mol. The van der Waals surface area contributed by atoms with Crippen molar-refractivity contribution >= 4 is 29.9 Å². The van der Waals surface area contributed by atoms with Gasteiger partial charge in [0, 0.05) is 50.7 Å². The average Bonchev–Trinajstić information content (AvgIpc) is 3.62. The number of ether oxygens (including phenoxy) is 2. The van der Waals surface area contributed by atoms with Crippen molar-refractivity contribution in [3.05, 3.63) is 65.7 Å². The maximum absolute atomic E-state index is 6.11. The largest absolute Gasteiger partial charge is 0.492 e. The Balaban J connectivity index is 0.00000289. The van der Waals surface area contributed by atoms with Gasteiger partial charge in [-0.1, -0.05) is 48.5 Å². The molecule has 0 spiro atoms. The third kappa shape index (κ3) is 6.83. The Labute approximate surface area is 208 Å². The number of benzene rings is 2. The summed E-state index contributed by atoms with van der Waals surface area (Å²) >= 11 is 0. The lowest BCUT2D eigenvalue weighted by molar-refractivity contribution is 0.0322. The van der Waals surface area contributed by atoms with Gasteiger partial charge in [-0.25, -0.2) is 0 Å². The third-order valence-corrected chi connectivity index (χ3v) is 6.25. The van der Waals surface area contributed by atoms with Crippen molar-refractivity contribution < 1.29 is 9.47 Å². The van der Waals surface area contributed by atoms with Crippen LogP contribution in [-0.2, 0) is 16.7 Å². The maximum Gasteiger partial charge on any atom is 0.191 e. The number of morpholine rings is 1. The van der Waals surface area contributed by atoms with Crippen molar-refractivity contribution in [2.24, 2.45) is 4.99 Å². The summed E-state index contributed by atoms with van der Waals surface area (Å²) in [5.41, 5.74) is 2.80. The molecule has 2 aromatic carbocycles. The molecule has 4 rings (SSSR count). The van der Waals surface area contributed by atoms with E-state index in [1.165, 1.54) is 18.4 Å². The molecule has 1 saturated heterocycles. The lowest BCUT2D eigenvalue weighted by Gasteiger charge is -2.26. The van der Waals surface area contributed by atoms with Gasteiger partial charge in [-0.05, 0) is 24.5 Å². The topological polar surface area (TPSA) is 58.1 Å². The predicted molar refractivity (Wildman–Crippen MR) is 140 cm³/mol. The molecule has 1 saturated carbocycles. The third-order valence-electron chi connectivity index (χ3n) is 6.25. The van der Waals surface area contributed by atoms with E-state index in [-0.39, 0.29) is 29.4 Å². The first-order valence-electron chi connectivity index (χ1n) is 11.3. The molecule has 6 nitrogen and oxygen atoms in total. The molecule has 0 unspecified atom stereocenters. The highest BCUT2D eigenvalue weighted by Gasteiger charge is 2.43. The first-order chi connectivity index (χ1) is 15.3. The molecular formula is C25H35IN4O2. The quantitative estimate of drug-likeness (QED) is 0.285. The van der Waals surface area contributed by atoms with Crippen LogP contribution in [0.25, 0.3) is 0 Å². The van der Waals surface area contributed by atoms with Crippen molar-refractivity contribution in [2.45, 2.75) is 24.8 Å². The van der Waals surface area contributed by atoms with Crippen LogP contribution in [0.2, 0.25) is 0 Å². The van der Waals surface area contributed by atoms with Crippen LogP contribution >= 0.6 is 24.0 Å². The molecule has 0 amide bonds. The lowest BCUT2D eigenvalue weighted by atomic mass is 9.96. The molecule has 2 aromatic rings. The molecular weight excluding hydrogens is 515 g/mol. The number of aliphatic imine (C=N–C) groups is 1. The van der Waals surface area contributed by atoms with Crippen molar-refractivity contribution in [3.63, 3.8) is 0 Å². The number of para-hydroxylation sites is 1. The normalized spacial score (nSPS) is 17.8. The molecule has 2 N–H and O–H groups in total. The van der Waals surface area contributed by atoms with Gasteiger partial charge in [-0.2, -0.15) is 0 Å². The fourth-order valence-electron chi connectivity index (χ4n) is 4.06. The molecule has 0 radical (unpaired) electrons. The van der Waals surface area contributed by atoms with Gasteiger partial charge in [-0.3, -0.25) is 9.89 Å². The van der Waals surface area contributed by atoms with Crippen LogP contribution in [0.3, 0.4) is 0 Å². The summed E-state index contributed by atoms with van der Waals surface area (Å²) in [5, 5.41) is 6.98. The van der Waals surface area contributed by atoms with Crippen molar-refractivity contribution in [1.29, 1.82) is 0 Å². The smallest absolute Gasteiger partial charge is 0.191 e. The summed E-state index contributed by atoms with van der Waals surface area (Å²) in [6.07, 6.45) is 2.45. The van der Waals surface area contributed by atoms with Gasteiger partial charge < -0.3 is 20.1 Å². The van der Waals surface area contributed by atoms with Crippen LogP contribution in [0, 0.1) is 0 Å². The van der Waals surface area contributed by atoms with E-state index in [4.69, 9.17) is 9.47 Å². The van der Waals surface area contributed by atoms with Crippen LogP contribution in [0.5, 0.6) is 5.75 Å². The number of hydrogen-bond donors (Lipinski definition) is 2. The molecule has 2 aliphatic rings. The van der Waals surface area contributed by atoms with Crippen molar-refractivity contribution in [1.82, 2.24) is 15.5 Å². The molecule has 0 bridgehead atoms. The van der Waals surface area contributed by atoms with E-state index in [1.807, 2.05) is 19.2 Å². The summed E-state index contributed by atoms with van der Waals surface area (Å²) < 4.78 is 11.5. The van der Waals surface area contributed by atoms with Crippen molar-refractivity contribution in [2.75, 3.05) is 53.0 Å². The molecule has 1 aliphatic heterocycles. The molecule has 1 aliphatic carbocycles. The molecule has 1 heterocycles. The fraction of sp³-hybridized carbons (Fsp3) is 0.480. The minimum Gasteiger partial charge on any atom is -0.492 e. The van der Waals surface area contributed by atoms with Crippen LogP contribution < -0.4 is 15.4 Å². The first-order valence-corrected chi connectivity index (χ1v) is 11.3. The lowest BCUT2D eigenvalue weighted by Crippen LogP contribution is -2.41. The number of guanidine groups is 1. The Bertz CT molecular complexity index is 852. The summed E-state index contributed by atoms with van der Waals surface area (Å²) in [4.78, 5) is 6.80. The fourth-order valence-corrected chi connectivity index (χ4v) is 4.06. The Kier molecular flexibility index (Phi) is 9.62. The van der Waals surface area contributed by atoms with Crippen LogP contribution in [-0.4, -0.2) is 63.9 Å². The summed E-state index contributed by atoms with van der Waals surface area (Å²) in [7, 11) is 1.82. The van der Waals surface area contributed by atoms with Gasteiger partial charge in [0.15, 0.2) is 5.96 Å². The first kappa shape index (κ1) is 24.8. The van der Waals surface area contributed by atoms with E-state index in [0.717, 1.165) is 56.7 Å². The SMILES string of the molecule is CN=C(NCc1ccccc1OCCN1CCOCC1)NCC1(c2ccccc2)CC1.I. The maximum atomic E-state index is 6.11. The number of hydrogen-bond acceptors (Lipinski definition) is 4. The van der Waals surface area contributed by atoms with Gasteiger partial charge in [0.05, 0.1) is 13.2 Å². The number of rotatable bonds is 9. The van der Waals surface area contributed by atoms with Gasteiger partial charge in [0.1, 0.15) is 12.4 Å². The average molecular weight is 550 g/mol. The molecule has 32 heavy (non-hydrogen) atoms. The van der Waals surface area contributed by atoms with Crippen molar-refractivity contribution in [3.8, 4) is 5.75 Å². The zero-order valence-electron chi connectivity index (χ0n) is 18.9. The second kappa shape index (κ2) is 12.4. The highest BCUT2D eigenvalue weighted by Crippen LogP contribution is 2.47. The van der Waals surface area contributed by atoms with Gasteiger partial charge in [0.25, 0.3) is 0 Å². The molecule has 0 atom stereocenters. The van der Waals surface area contributed by atoms with Gasteiger partial charge >= 0.3 is 0 Å². The number of nitrogens with one attached hydrogen (secondary N) is 2. The van der Waals surface area contributed by atoms with E-state index in [2.05, 4.69) is 63.0 Å². The highest BCUT2D eigenvalue weighted by molar-refractivity contribution is 14.0. The molecule has 174 valence electrons. The highest BCUT2D eigenvalue weighted by atomic mass is 127. The van der Waals surface area contributed by atoms with Gasteiger partial charge in [0.2, 0.25) is 0 Å². The van der Waals surface area contributed by atoms with Crippen LogP contribution in [0.1, 0.15) is 24.0 Å². The van der Waals surface area contributed by atoms with Crippen LogP contribution in [0.15, 0.2) is 59.6 Å². The number of halogens is 1. The van der Waals surface area contributed by atoms with E-state index in [1.54, 1.807) is 0 Å². The van der Waals surface area contributed by atoms with Gasteiger partial charge in [-0.15, -0.1) is 24.0 Å².